The van der Waals surface area contributed by atoms with Crippen LogP contribution in [0.3, 0.4) is 0 Å². The van der Waals surface area contributed by atoms with Crippen molar-refractivity contribution in [3.05, 3.63) is 18.0 Å². The first-order valence-electron chi connectivity index (χ1n) is 5.09. The molecule has 1 atom stereocenters. The Balaban J connectivity index is 2.19. The lowest BCUT2D eigenvalue weighted by Crippen LogP contribution is -2.42. The summed E-state index contributed by atoms with van der Waals surface area (Å²) in [6.07, 6.45) is 1.58. The maximum absolute atomic E-state index is 10.8. The van der Waals surface area contributed by atoms with Crippen molar-refractivity contribution in [3.8, 4) is 0 Å². The van der Waals surface area contributed by atoms with E-state index in [0.29, 0.717) is 25.6 Å². The van der Waals surface area contributed by atoms with E-state index in [-0.39, 0.29) is 11.8 Å². The summed E-state index contributed by atoms with van der Waals surface area (Å²) in [4.78, 5) is 20.8. The quantitative estimate of drug-likeness (QED) is 0.782. The minimum absolute atomic E-state index is 0.0177. The van der Waals surface area contributed by atoms with Crippen LogP contribution >= 0.6 is 0 Å². The molecule has 0 aliphatic carbocycles. The number of hydrogen-bond acceptors (Lipinski definition) is 5. The van der Waals surface area contributed by atoms with Gasteiger partial charge < -0.3 is 14.7 Å². The highest BCUT2D eigenvalue weighted by molar-refractivity contribution is 5.85. The monoisotopic (exact) mass is 223 g/mol. The van der Waals surface area contributed by atoms with Gasteiger partial charge in [-0.25, -0.2) is 14.8 Å². The Morgan fingerprint density at radius 3 is 3.19 bits per heavy atom. The largest absolute Gasteiger partial charge is 0.477 e. The van der Waals surface area contributed by atoms with Crippen LogP contribution in [-0.2, 0) is 4.74 Å². The number of carbonyl (C=O) groups is 1. The van der Waals surface area contributed by atoms with Gasteiger partial charge in [0.2, 0.25) is 5.95 Å². The van der Waals surface area contributed by atoms with Crippen LogP contribution in [0.1, 0.15) is 17.4 Å². The van der Waals surface area contributed by atoms with Gasteiger partial charge in [0.1, 0.15) is 0 Å². The number of anilines is 1. The fourth-order valence-corrected chi connectivity index (χ4v) is 1.62. The van der Waals surface area contributed by atoms with Gasteiger partial charge in [-0.3, -0.25) is 0 Å². The summed E-state index contributed by atoms with van der Waals surface area (Å²) >= 11 is 0. The van der Waals surface area contributed by atoms with E-state index < -0.39 is 5.97 Å². The fourth-order valence-electron chi connectivity index (χ4n) is 1.62. The summed E-state index contributed by atoms with van der Waals surface area (Å²) < 4.78 is 5.39. The third-order valence-electron chi connectivity index (χ3n) is 2.39. The zero-order chi connectivity index (χ0) is 11.5. The lowest BCUT2D eigenvalue weighted by molar-refractivity contribution is 0.0526. The third kappa shape index (κ3) is 2.27. The summed E-state index contributed by atoms with van der Waals surface area (Å²) in [5, 5.41) is 8.83. The van der Waals surface area contributed by atoms with Gasteiger partial charge in [0.25, 0.3) is 0 Å². The van der Waals surface area contributed by atoms with Crippen molar-refractivity contribution in [2.24, 2.45) is 0 Å². The number of aromatic nitrogens is 2. The molecule has 0 radical (unpaired) electrons. The number of nitrogens with zero attached hydrogens (tertiary/aromatic N) is 3. The van der Waals surface area contributed by atoms with Crippen molar-refractivity contribution in [1.82, 2.24) is 9.97 Å². The van der Waals surface area contributed by atoms with Gasteiger partial charge in [0.15, 0.2) is 5.69 Å². The normalized spacial score (nSPS) is 20.8. The van der Waals surface area contributed by atoms with E-state index in [1.165, 1.54) is 12.3 Å². The Morgan fingerprint density at radius 1 is 1.69 bits per heavy atom. The average Bonchev–Trinajstić information content (AvgIpc) is 2.29. The Morgan fingerprint density at radius 2 is 2.50 bits per heavy atom. The molecule has 1 aliphatic heterocycles. The van der Waals surface area contributed by atoms with Crippen LogP contribution in [0.15, 0.2) is 12.3 Å². The van der Waals surface area contributed by atoms with Gasteiger partial charge in [-0.05, 0) is 13.0 Å². The van der Waals surface area contributed by atoms with Crippen LogP contribution < -0.4 is 4.90 Å². The molecule has 1 fully saturated rings. The Hall–Kier alpha value is -1.69. The summed E-state index contributed by atoms with van der Waals surface area (Å²) in [6, 6.07) is 1.38. The van der Waals surface area contributed by atoms with Gasteiger partial charge in [-0.1, -0.05) is 0 Å². The molecule has 6 heteroatoms. The van der Waals surface area contributed by atoms with Crippen LogP contribution in [0, 0.1) is 0 Å². The Kier molecular flexibility index (Phi) is 3.00. The van der Waals surface area contributed by atoms with Gasteiger partial charge in [0, 0.05) is 19.3 Å². The molecule has 0 saturated carbocycles. The molecule has 0 amide bonds. The number of ether oxygens (including phenoxy) is 1. The van der Waals surface area contributed by atoms with E-state index in [2.05, 4.69) is 9.97 Å². The smallest absolute Gasteiger partial charge is 0.354 e. The van der Waals surface area contributed by atoms with Crippen LogP contribution in [-0.4, -0.2) is 46.8 Å². The van der Waals surface area contributed by atoms with Crippen molar-refractivity contribution < 1.29 is 14.6 Å². The van der Waals surface area contributed by atoms with E-state index in [1.54, 1.807) is 0 Å². The number of hydrogen-bond donors (Lipinski definition) is 1. The molecule has 16 heavy (non-hydrogen) atoms. The van der Waals surface area contributed by atoms with E-state index in [4.69, 9.17) is 9.84 Å². The Bertz CT molecular complexity index is 397. The zero-order valence-electron chi connectivity index (χ0n) is 8.96. The van der Waals surface area contributed by atoms with Gasteiger partial charge in [-0.2, -0.15) is 0 Å². The van der Waals surface area contributed by atoms with Crippen molar-refractivity contribution >= 4 is 11.9 Å². The maximum Gasteiger partial charge on any atom is 0.354 e. The molecule has 1 aliphatic rings. The van der Waals surface area contributed by atoms with Gasteiger partial charge in [0.05, 0.1) is 12.7 Å². The first kappa shape index (κ1) is 10.8. The highest BCUT2D eigenvalue weighted by Gasteiger charge is 2.19. The highest BCUT2D eigenvalue weighted by Crippen LogP contribution is 2.12. The zero-order valence-corrected chi connectivity index (χ0v) is 8.96. The van der Waals surface area contributed by atoms with Crippen molar-refractivity contribution in [2.45, 2.75) is 13.0 Å². The fraction of sp³-hybridized carbons (Fsp3) is 0.500. The summed E-state index contributed by atoms with van der Waals surface area (Å²) in [5.74, 6) is -0.583. The molecule has 0 spiro atoms. The Labute approximate surface area is 92.9 Å². The number of aromatic carboxylic acids is 1. The molecule has 6 nitrogen and oxygen atoms in total. The standard InChI is InChI=1S/C10H13N3O3/c1-7-6-13(4-5-16-7)10-11-3-2-8(12-10)9(14)15/h2-3,7H,4-6H2,1H3,(H,14,15)/t7-/m0/s1. The first-order chi connectivity index (χ1) is 7.66. The van der Waals surface area contributed by atoms with E-state index in [1.807, 2.05) is 11.8 Å². The van der Waals surface area contributed by atoms with Crippen molar-refractivity contribution in [1.29, 1.82) is 0 Å². The molecule has 1 saturated heterocycles. The molecule has 1 aromatic rings. The molecule has 0 unspecified atom stereocenters. The second-order valence-corrected chi connectivity index (χ2v) is 3.67. The predicted molar refractivity (Wildman–Crippen MR) is 56.6 cm³/mol. The molecule has 1 aromatic heterocycles. The third-order valence-corrected chi connectivity index (χ3v) is 2.39. The average molecular weight is 223 g/mol. The van der Waals surface area contributed by atoms with Crippen LogP contribution in [0.25, 0.3) is 0 Å². The molecule has 2 rings (SSSR count). The van der Waals surface area contributed by atoms with Crippen molar-refractivity contribution in [3.63, 3.8) is 0 Å². The molecule has 0 bridgehead atoms. The van der Waals surface area contributed by atoms with E-state index in [0.717, 1.165) is 0 Å². The second kappa shape index (κ2) is 4.44. The van der Waals surface area contributed by atoms with Crippen molar-refractivity contribution in [2.75, 3.05) is 24.6 Å². The van der Waals surface area contributed by atoms with Crippen LogP contribution in [0.2, 0.25) is 0 Å². The lowest BCUT2D eigenvalue weighted by Gasteiger charge is -2.31. The predicted octanol–water partition coefficient (Wildman–Crippen LogP) is 0.400. The molecule has 2 heterocycles. The summed E-state index contributed by atoms with van der Waals surface area (Å²) in [6.45, 7) is 3.95. The van der Waals surface area contributed by atoms with Crippen LogP contribution in [0.4, 0.5) is 5.95 Å². The number of carboxylic acid groups (broad SMARTS) is 1. The molecular weight excluding hydrogens is 210 g/mol. The summed E-state index contributed by atoms with van der Waals surface area (Å²) in [5.41, 5.74) is 0.0177. The highest BCUT2D eigenvalue weighted by atomic mass is 16.5. The molecule has 1 N–H and O–H groups in total. The lowest BCUT2D eigenvalue weighted by atomic mass is 10.3. The molecular formula is C10H13N3O3. The molecule has 86 valence electrons. The number of carboxylic acids is 1. The summed E-state index contributed by atoms with van der Waals surface area (Å²) in [7, 11) is 0. The number of rotatable bonds is 2. The van der Waals surface area contributed by atoms with Crippen LogP contribution in [0.5, 0.6) is 0 Å². The second-order valence-electron chi connectivity index (χ2n) is 3.67. The first-order valence-corrected chi connectivity index (χ1v) is 5.09. The van der Waals surface area contributed by atoms with Gasteiger partial charge >= 0.3 is 5.97 Å². The van der Waals surface area contributed by atoms with E-state index in [9.17, 15) is 4.79 Å². The topological polar surface area (TPSA) is 75.6 Å². The maximum atomic E-state index is 10.8. The minimum atomic E-state index is -1.04. The van der Waals surface area contributed by atoms with Gasteiger partial charge in [-0.15, -0.1) is 0 Å². The molecule has 0 aromatic carbocycles. The SMILES string of the molecule is C[C@H]1CN(c2nccc(C(=O)O)n2)CCO1. The minimum Gasteiger partial charge on any atom is -0.477 e. The van der Waals surface area contributed by atoms with E-state index >= 15 is 0 Å². The number of morpholine rings is 1.